The average molecular weight is 506 g/mol. The van der Waals surface area contributed by atoms with Crippen LogP contribution in [0, 0.1) is 17.0 Å². The van der Waals surface area contributed by atoms with E-state index < -0.39 is 4.92 Å². The topological polar surface area (TPSA) is 112 Å². The van der Waals surface area contributed by atoms with Crippen molar-refractivity contribution in [2.24, 2.45) is 4.99 Å². The summed E-state index contributed by atoms with van der Waals surface area (Å²) in [5, 5.41) is 14.3. The summed E-state index contributed by atoms with van der Waals surface area (Å²) >= 11 is 1.24. The van der Waals surface area contributed by atoms with Crippen LogP contribution >= 0.6 is 11.8 Å². The van der Waals surface area contributed by atoms with Crippen molar-refractivity contribution >= 4 is 40.3 Å². The SMILES string of the molecule is COc1ccc(/C=C2/SC(=Nc3ccccc3OC)NC2=O)cc1COc1ccc([N+](=O)[O-])c(C)c1. The maximum atomic E-state index is 12.6. The Labute approximate surface area is 211 Å². The van der Waals surface area contributed by atoms with Gasteiger partial charge in [0.25, 0.3) is 11.6 Å². The second kappa shape index (κ2) is 11.0. The molecule has 4 rings (SSSR count). The molecule has 1 amide bonds. The molecule has 0 unspecified atom stereocenters. The molecule has 1 saturated heterocycles. The van der Waals surface area contributed by atoms with Crippen LogP contribution in [-0.2, 0) is 11.4 Å². The van der Waals surface area contributed by atoms with Crippen LogP contribution in [0.15, 0.2) is 70.6 Å². The molecule has 1 N–H and O–H groups in total. The van der Waals surface area contributed by atoms with Gasteiger partial charge in [0.2, 0.25) is 0 Å². The van der Waals surface area contributed by atoms with Gasteiger partial charge in [-0.25, -0.2) is 4.99 Å². The molecule has 0 spiro atoms. The van der Waals surface area contributed by atoms with Gasteiger partial charge in [-0.3, -0.25) is 14.9 Å². The molecule has 0 saturated carbocycles. The summed E-state index contributed by atoms with van der Waals surface area (Å²) in [5.41, 5.74) is 2.71. The van der Waals surface area contributed by atoms with Gasteiger partial charge in [0.15, 0.2) is 5.17 Å². The first-order chi connectivity index (χ1) is 17.4. The quantitative estimate of drug-likeness (QED) is 0.248. The lowest BCUT2D eigenvalue weighted by Crippen LogP contribution is -2.19. The summed E-state index contributed by atoms with van der Waals surface area (Å²) in [7, 11) is 3.13. The number of nitro benzene ring substituents is 1. The number of methoxy groups -OCH3 is 2. The molecule has 36 heavy (non-hydrogen) atoms. The largest absolute Gasteiger partial charge is 0.496 e. The standard InChI is InChI=1S/C26H23N3O6S/c1-16-12-19(9-10-21(16)29(31)32)35-15-18-13-17(8-11-22(18)33-2)14-24-25(30)28-26(36-24)27-20-6-4-5-7-23(20)34-3/h4-14H,15H2,1-3H3,(H,27,28,30)/b24-14+. The molecule has 0 aliphatic carbocycles. The van der Waals surface area contributed by atoms with Crippen LogP contribution in [0.2, 0.25) is 0 Å². The first kappa shape index (κ1) is 24.8. The lowest BCUT2D eigenvalue weighted by molar-refractivity contribution is -0.385. The van der Waals surface area contributed by atoms with Gasteiger partial charge in [0, 0.05) is 17.2 Å². The van der Waals surface area contributed by atoms with Crippen molar-refractivity contribution in [3.8, 4) is 17.2 Å². The fraction of sp³-hybridized carbons (Fsp3) is 0.154. The number of para-hydroxylation sites is 2. The van der Waals surface area contributed by atoms with Crippen LogP contribution in [0.3, 0.4) is 0 Å². The number of nitrogens with zero attached hydrogens (tertiary/aromatic N) is 2. The molecule has 184 valence electrons. The smallest absolute Gasteiger partial charge is 0.272 e. The number of carbonyl (C=O) groups excluding carboxylic acids is 1. The molecule has 0 aromatic heterocycles. The number of amides is 1. The van der Waals surface area contributed by atoms with Gasteiger partial charge in [0.1, 0.15) is 29.5 Å². The minimum atomic E-state index is -0.428. The third-order valence-corrected chi connectivity index (χ3v) is 6.23. The van der Waals surface area contributed by atoms with Crippen molar-refractivity contribution in [2.75, 3.05) is 14.2 Å². The Kier molecular flexibility index (Phi) is 7.55. The lowest BCUT2D eigenvalue weighted by Gasteiger charge is -2.12. The number of thioether (sulfide) groups is 1. The van der Waals surface area contributed by atoms with E-state index in [4.69, 9.17) is 14.2 Å². The fourth-order valence-electron chi connectivity index (χ4n) is 3.55. The van der Waals surface area contributed by atoms with Crippen molar-refractivity contribution in [3.05, 3.63) is 92.4 Å². The van der Waals surface area contributed by atoms with Crippen molar-refractivity contribution in [3.63, 3.8) is 0 Å². The van der Waals surface area contributed by atoms with Crippen LogP contribution < -0.4 is 19.5 Å². The highest BCUT2D eigenvalue weighted by molar-refractivity contribution is 8.18. The molecule has 0 atom stereocenters. The lowest BCUT2D eigenvalue weighted by atomic mass is 10.1. The number of aryl methyl sites for hydroxylation is 1. The molecule has 9 nitrogen and oxygen atoms in total. The number of ether oxygens (including phenoxy) is 3. The first-order valence-corrected chi connectivity index (χ1v) is 11.7. The molecule has 3 aromatic rings. The van der Waals surface area contributed by atoms with Gasteiger partial charge < -0.3 is 19.5 Å². The second-order valence-corrected chi connectivity index (χ2v) is 8.75. The Balaban J connectivity index is 1.52. The highest BCUT2D eigenvalue weighted by atomic mass is 32.2. The number of amidine groups is 1. The van der Waals surface area contributed by atoms with E-state index in [1.807, 2.05) is 30.3 Å². The molecule has 10 heteroatoms. The van der Waals surface area contributed by atoms with E-state index in [0.717, 1.165) is 11.1 Å². The number of nitrogens with one attached hydrogen (secondary N) is 1. The van der Waals surface area contributed by atoms with Gasteiger partial charge in [-0.1, -0.05) is 18.2 Å². The predicted molar refractivity (Wildman–Crippen MR) is 139 cm³/mol. The molecule has 1 fully saturated rings. The van der Waals surface area contributed by atoms with Crippen molar-refractivity contribution in [1.29, 1.82) is 0 Å². The van der Waals surface area contributed by atoms with Gasteiger partial charge >= 0.3 is 0 Å². The fourth-order valence-corrected chi connectivity index (χ4v) is 4.38. The van der Waals surface area contributed by atoms with Gasteiger partial charge in [-0.05, 0) is 66.7 Å². The number of carbonyl (C=O) groups is 1. The molecular formula is C26H23N3O6S. The van der Waals surface area contributed by atoms with E-state index in [1.165, 1.54) is 17.8 Å². The predicted octanol–water partition coefficient (Wildman–Crippen LogP) is 5.39. The average Bonchev–Trinajstić information content (AvgIpc) is 3.21. The van der Waals surface area contributed by atoms with Gasteiger partial charge in [0.05, 0.1) is 24.0 Å². The summed E-state index contributed by atoms with van der Waals surface area (Å²) < 4.78 is 16.6. The third kappa shape index (κ3) is 5.66. The van der Waals surface area contributed by atoms with E-state index in [-0.39, 0.29) is 18.2 Å². The van der Waals surface area contributed by atoms with Crippen LogP contribution in [0.4, 0.5) is 11.4 Å². The molecule has 0 radical (unpaired) electrons. The zero-order valence-corrected chi connectivity index (χ0v) is 20.6. The van der Waals surface area contributed by atoms with E-state index in [2.05, 4.69) is 10.3 Å². The Morgan fingerprint density at radius 3 is 2.56 bits per heavy atom. The normalized spacial score (nSPS) is 15.1. The summed E-state index contributed by atoms with van der Waals surface area (Å²) in [4.78, 5) is 28.2. The van der Waals surface area contributed by atoms with Crippen molar-refractivity contribution in [2.45, 2.75) is 13.5 Å². The van der Waals surface area contributed by atoms with E-state index >= 15 is 0 Å². The Morgan fingerprint density at radius 1 is 1.06 bits per heavy atom. The van der Waals surface area contributed by atoms with Crippen LogP contribution in [-0.4, -0.2) is 30.2 Å². The van der Waals surface area contributed by atoms with Crippen LogP contribution in [0.5, 0.6) is 17.2 Å². The maximum Gasteiger partial charge on any atom is 0.272 e. The Hall–Kier alpha value is -4.31. The van der Waals surface area contributed by atoms with E-state index in [0.29, 0.717) is 38.6 Å². The number of benzene rings is 3. The number of nitro groups is 1. The molecular weight excluding hydrogens is 482 g/mol. The van der Waals surface area contributed by atoms with Gasteiger partial charge in [-0.2, -0.15) is 0 Å². The van der Waals surface area contributed by atoms with E-state index in [1.54, 1.807) is 51.5 Å². The summed E-state index contributed by atoms with van der Waals surface area (Å²) in [6.07, 6.45) is 1.77. The van der Waals surface area contributed by atoms with Crippen molar-refractivity contribution < 1.29 is 23.9 Å². The third-order valence-electron chi connectivity index (χ3n) is 5.32. The number of hydrogen-bond acceptors (Lipinski definition) is 8. The minimum absolute atomic E-state index is 0.0366. The monoisotopic (exact) mass is 505 g/mol. The summed E-state index contributed by atoms with van der Waals surface area (Å²) in [5.74, 6) is 1.49. The highest BCUT2D eigenvalue weighted by Crippen LogP contribution is 2.33. The summed E-state index contributed by atoms with van der Waals surface area (Å²) in [6.45, 7) is 1.84. The van der Waals surface area contributed by atoms with E-state index in [9.17, 15) is 14.9 Å². The van der Waals surface area contributed by atoms with Crippen LogP contribution in [0.1, 0.15) is 16.7 Å². The molecule has 0 bridgehead atoms. The molecule has 1 heterocycles. The minimum Gasteiger partial charge on any atom is -0.496 e. The second-order valence-electron chi connectivity index (χ2n) is 7.72. The summed E-state index contributed by atoms with van der Waals surface area (Å²) in [6, 6.07) is 17.4. The molecule has 3 aromatic carbocycles. The van der Waals surface area contributed by atoms with Gasteiger partial charge in [-0.15, -0.1) is 0 Å². The van der Waals surface area contributed by atoms with Crippen molar-refractivity contribution in [1.82, 2.24) is 5.32 Å². The highest BCUT2D eigenvalue weighted by Gasteiger charge is 2.24. The Morgan fingerprint density at radius 2 is 1.83 bits per heavy atom. The zero-order valence-electron chi connectivity index (χ0n) is 19.8. The number of rotatable bonds is 8. The number of hydrogen-bond donors (Lipinski definition) is 1. The molecule has 1 aliphatic rings. The first-order valence-electron chi connectivity index (χ1n) is 10.9. The Bertz CT molecular complexity index is 1390. The van der Waals surface area contributed by atoms with Crippen LogP contribution in [0.25, 0.3) is 6.08 Å². The number of aliphatic imine (C=N–C) groups is 1. The molecule has 1 aliphatic heterocycles. The zero-order chi connectivity index (χ0) is 25.7. The maximum absolute atomic E-state index is 12.6.